The number of para-hydroxylation sites is 2. The Labute approximate surface area is 186 Å². The largest absolute Gasteiger partial charge is 0.495 e. The number of piperidine rings is 1. The fourth-order valence-electron chi connectivity index (χ4n) is 4.83. The van der Waals surface area contributed by atoms with Gasteiger partial charge in [-0.3, -0.25) is 4.90 Å². The lowest BCUT2D eigenvalue weighted by Gasteiger charge is -2.43. The van der Waals surface area contributed by atoms with Gasteiger partial charge in [0, 0.05) is 32.2 Å². The number of nitrogens with one attached hydrogen (secondary N) is 1. The van der Waals surface area contributed by atoms with Crippen LogP contribution < -0.4 is 15.0 Å². The van der Waals surface area contributed by atoms with E-state index in [9.17, 15) is 8.42 Å². The number of ether oxygens (including phenoxy) is 1. The van der Waals surface area contributed by atoms with Crippen molar-refractivity contribution in [3.63, 3.8) is 0 Å². The zero-order valence-corrected chi connectivity index (χ0v) is 19.3. The molecule has 0 bridgehead atoms. The Balaban J connectivity index is 1.58. The highest BCUT2D eigenvalue weighted by Crippen LogP contribution is 2.31. The van der Waals surface area contributed by atoms with Crippen LogP contribution in [0, 0.1) is 6.92 Å². The minimum atomic E-state index is -3.50. The van der Waals surface area contributed by atoms with E-state index in [0.717, 1.165) is 55.9 Å². The molecule has 168 valence electrons. The van der Waals surface area contributed by atoms with Crippen LogP contribution in [0.2, 0.25) is 0 Å². The number of methoxy groups -OCH3 is 1. The Bertz CT molecular complexity index is 981. The molecule has 0 saturated carbocycles. The van der Waals surface area contributed by atoms with Gasteiger partial charge < -0.3 is 15.0 Å². The van der Waals surface area contributed by atoms with E-state index < -0.39 is 15.2 Å². The second-order valence-electron chi connectivity index (χ2n) is 8.50. The fraction of sp³-hybridized carbons (Fsp3) is 0.500. The number of rotatable bonds is 6. The summed E-state index contributed by atoms with van der Waals surface area (Å²) in [4.78, 5) is 4.89. The summed E-state index contributed by atoms with van der Waals surface area (Å²) < 4.78 is 33.2. The summed E-state index contributed by atoms with van der Waals surface area (Å²) in [6.07, 6.45) is 3.07. The molecular weight excluding hydrogens is 410 g/mol. The lowest BCUT2D eigenvalue weighted by Crippen LogP contribution is -2.60. The van der Waals surface area contributed by atoms with Crippen LogP contribution in [-0.4, -0.2) is 64.6 Å². The molecule has 2 aromatic rings. The van der Waals surface area contributed by atoms with Gasteiger partial charge in [0.05, 0.1) is 17.7 Å². The molecule has 0 radical (unpaired) electrons. The maximum Gasteiger partial charge on any atom is 0.195 e. The molecule has 2 fully saturated rings. The number of sulfone groups is 1. The highest BCUT2D eigenvalue weighted by atomic mass is 32.2. The van der Waals surface area contributed by atoms with Crippen molar-refractivity contribution in [1.82, 2.24) is 10.2 Å². The molecule has 2 aromatic carbocycles. The Hall–Kier alpha value is -2.09. The van der Waals surface area contributed by atoms with Crippen molar-refractivity contribution in [2.75, 3.05) is 44.7 Å². The van der Waals surface area contributed by atoms with Crippen LogP contribution in [0.3, 0.4) is 0 Å². The molecule has 2 saturated heterocycles. The number of piperazine rings is 1. The van der Waals surface area contributed by atoms with Gasteiger partial charge in [0.15, 0.2) is 9.84 Å². The average Bonchev–Trinajstić information content (AvgIpc) is 2.80. The van der Waals surface area contributed by atoms with Crippen LogP contribution in [0.5, 0.6) is 5.75 Å². The number of benzene rings is 2. The molecule has 31 heavy (non-hydrogen) atoms. The van der Waals surface area contributed by atoms with E-state index in [4.69, 9.17) is 4.74 Å². The van der Waals surface area contributed by atoms with Gasteiger partial charge in [-0.05, 0) is 56.1 Å². The summed E-state index contributed by atoms with van der Waals surface area (Å²) in [6.45, 7) is 5.77. The summed E-state index contributed by atoms with van der Waals surface area (Å²) in [7, 11) is -1.81. The van der Waals surface area contributed by atoms with Gasteiger partial charge in [-0.15, -0.1) is 0 Å². The summed E-state index contributed by atoms with van der Waals surface area (Å²) >= 11 is 0. The van der Waals surface area contributed by atoms with Gasteiger partial charge in [0.2, 0.25) is 0 Å². The summed E-state index contributed by atoms with van der Waals surface area (Å²) in [5.74, 6) is 0.855. The minimum Gasteiger partial charge on any atom is -0.495 e. The third-order valence-electron chi connectivity index (χ3n) is 6.43. The summed E-state index contributed by atoms with van der Waals surface area (Å²) in [5, 5.41) is 2.97. The van der Waals surface area contributed by atoms with Crippen molar-refractivity contribution in [2.45, 2.75) is 42.5 Å². The lowest BCUT2D eigenvalue weighted by atomic mass is 10.0. The molecule has 4 rings (SSSR count). The Morgan fingerprint density at radius 1 is 1.03 bits per heavy atom. The molecule has 2 aliphatic heterocycles. The second kappa shape index (κ2) is 9.59. The zero-order valence-electron chi connectivity index (χ0n) is 18.5. The SMILES string of the molecule is COc1ccccc1N1CCN(C(C2CCCCN2)S(=O)(=O)c2cccc(C)c2)CC1. The van der Waals surface area contributed by atoms with E-state index in [0.29, 0.717) is 18.0 Å². The van der Waals surface area contributed by atoms with Gasteiger partial charge >= 0.3 is 0 Å². The van der Waals surface area contributed by atoms with Crippen molar-refractivity contribution in [2.24, 2.45) is 0 Å². The van der Waals surface area contributed by atoms with Crippen LogP contribution in [0.15, 0.2) is 53.4 Å². The molecule has 0 amide bonds. The van der Waals surface area contributed by atoms with Gasteiger partial charge in [0.1, 0.15) is 11.1 Å². The third kappa shape index (κ3) is 4.73. The topological polar surface area (TPSA) is 61.9 Å². The van der Waals surface area contributed by atoms with E-state index in [1.54, 1.807) is 19.2 Å². The third-order valence-corrected chi connectivity index (χ3v) is 8.60. The van der Waals surface area contributed by atoms with E-state index in [1.807, 2.05) is 37.3 Å². The first-order valence-corrected chi connectivity index (χ1v) is 12.7. The minimum absolute atomic E-state index is 0.0444. The van der Waals surface area contributed by atoms with E-state index >= 15 is 0 Å². The number of hydrogen-bond donors (Lipinski definition) is 1. The maximum atomic E-state index is 13.8. The molecule has 0 aliphatic carbocycles. The quantitative estimate of drug-likeness (QED) is 0.740. The van der Waals surface area contributed by atoms with Gasteiger partial charge in [-0.25, -0.2) is 8.42 Å². The Morgan fingerprint density at radius 2 is 1.81 bits per heavy atom. The average molecular weight is 444 g/mol. The van der Waals surface area contributed by atoms with E-state index in [2.05, 4.69) is 21.2 Å². The molecular formula is C24H33N3O3S. The van der Waals surface area contributed by atoms with Crippen molar-refractivity contribution < 1.29 is 13.2 Å². The summed E-state index contributed by atoms with van der Waals surface area (Å²) in [6, 6.07) is 15.3. The standard InChI is InChI=1S/C24H33N3O3S/c1-19-8-7-9-20(18-19)31(28,29)24(21-10-5-6-13-25-21)27-16-14-26(15-17-27)22-11-3-4-12-23(22)30-2/h3-4,7-9,11-12,18,21,24-25H,5-6,10,13-17H2,1-2H3. The molecule has 0 spiro atoms. The number of hydrogen-bond acceptors (Lipinski definition) is 6. The molecule has 2 unspecified atom stereocenters. The highest BCUT2D eigenvalue weighted by molar-refractivity contribution is 7.92. The molecule has 0 aromatic heterocycles. The fourth-order valence-corrected chi connectivity index (χ4v) is 6.99. The maximum absolute atomic E-state index is 13.8. The van der Waals surface area contributed by atoms with Crippen molar-refractivity contribution in [3.8, 4) is 5.75 Å². The molecule has 2 aliphatic rings. The molecule has 6 nitrogen and oxygen atoms in total. The predicted molar refractivity (Wildman–Crippen MR) is 125 cm³/mol. The number of anilines is 1. The van der Waals surface area contributed by atoms with E-state index in [1.165, 1.54) is 0 Å². The normalized spacial score (nSPS) is 21.6. The smallest absolute Gasteiger partial charge is 0.195 e. The van der Waals surface area contributed by atoms with Crippen molar-refractivity contribution in [1.29, 1.82) is 0 Å². The number of aryl methyl sites for hydroxylation is 1. The van der Waals surface area contributed by atoms with Crippen LogP contribution in [0.1, 0.15) is 24.8 Å². The summed E-state index contributed by atoms with van der Waals surface area (Å²) in [5.41, 5.74) is 2.04. The predicted octanol–water partition coefficient (Wildman–Crippen LogP) is 3.07. The Morgan fingerprint density at radius 3 is 2.48 bits per heavy atom. The van der Waals surface area contributed by atoms with E-state index in [-0.39, 0.29) is 6.04 Å². The van der Waals surface area contributed by atoms with Crippen molar-refractivity contribution in [3.05, 3.63) is 54.1 Å². The Kier molecular flexibility index (Phi) is 6.84. The second-order valence-corrected chi connectivity index (χ2v) is 10.5. The van der Waals surface area contributed by atoms with Crippen molar-refractivity contribution >= 4 is 15.5 Å². The highest BCUT2D eigenvalue weighted by Gasteiger charge is 2.41. The van der Waals surface area contributed by atoms with Crippen LogP contribution in [0.4, 0.5) is 5.69 Å². The first-order valence-electron chi connectivity index (χ1n) is 11.2. The molecule has 2 atom stereocenters. The number of nitrogens with zero attached hydrogens (tertiary/aromatic N) is 2. The van der Waals surface area contributed by atoms with Gasteiger partial charge in [-0.2, -0.15) is 0 Å². The van der Waals surface area contributed by atoms with Crippen LogP contribution in [0.25, 0.3) is 0 Å². The van der Waals surface area contributed by atoms with Crippen LogP contribution in [-0.2, 0) is 9.84 Å². The first kappa shape index (κ1) is 22.1. The molecule has 7 heteroatoms. The van der Waals surface area contributed by atoms with Crippen LogP contribution >= 0.6 is 0 Å². The van der Waals surface area contributed by atoms with Gasteiger partial charge in [-0.1, -0.05) is 30.7 Å². The molecule has 1 N–H and O–H groups in total. The first-order chi connectivity index (χ1) is 15.0. The zero-order chi connectivity index (χ0) is 21.8. The van der Waals surface area contributed by atoms with Gasteiger partial charge in [0.25, 0.3) is 0 Å². The lowest BCUT2D eigenvalue weighted by molar-refractivity contribution is 0.183. The molecule has 2 heterocycles. The monoisotopic (exact) mass is 443 g/mol.